The van der Waals surface area contributed by atoms with E-state index < -0.39 is 23.8 Å². The summed E-state index contributed by atoms with van der Waals surface area (Å²) in [5.41, 5.74) is -0.734. The summed E-state index contributed by atoms with van der Waals surface area (Å²) in [6.07, 6.45) is 1.76. The molecule has 0 spiro atoms. The summed E-state index contributed by atoms with van der Waals surface area (Å²) in [4.78, 5) is 12.5. The Bertz CT molecular complexity index is 497. The van der Waals surface area contributed by atoms with Crippen molar-refractivity contribution in [1.29, 1.82) is 0 Å². The Morgan fingerprint density at radius 2 is 2.08 bits per heavy atom. The van der Waals surface area contributed by atoms with Gasteiger partial charge in [-0.3, -0.25) is 0 Å². The van der Waals surface area contributed by atoms with E-state index >= 15 is 0 Å². The third-order valence-electron chi connectivity index (χ3n) is 5.67. The summed E-state index contributed by atoms with van der Waals surface area (Å²) in [6.45, 7) is 7.07. The fourth-order valence-corrected chi connectivity index (χ4v) is 3.90. The Balaban J connectivity index is 0.00000288. The second kappa shape index (κ2) is 7.99. The third kappa shape index (κ3) is 3.65. The summed E-state index contributed by atoms with van der Waals surface area (Å²) in [5.74, 6) is -1.00. The van der Waals surface area contributed by atoms with Crippen LogP contribution in [0.25, 0.3) is 0 Å². The Morgan fingerprint density at radius 3 is 2.62 bits per heavy atom. The molecule has 1 saturated heterocycles. The largest absolute Gasteiger partial charge is 0.459 e. The molecular formula is C17H31INO5+. The van der Waals surface area contributed by atoms with E-state index in [2.05, 4.69) is 13.1 Å². The molecule has 7 heteroatoms. The van der Waals surface area contributed by atoms with E-state index in [1.807, 2.05) is 0 Å². The highest BCUT2D eigenvalue weighted by atomic mass is 127. The van der Waals surface area contributed by atoms with E-state index in [1.54, 1.807) is 20.8 Å². The van der Waals surface area contributed by atoms with Crippen molar-refractivity contribution in [3.05, 3.63) is 11.6 Å². The lowest BCUT2D eigenvalue weighted by molar-refractivity contribution is -0.906. The molecule has 2 aliphatic heterocycles. The lowest BCUT2D eigenvalue weighted by atomic mass is 9.85. The highest BCUT2D eigenvalue weighted by Gasteiger charge is 2.51. The first-order valence-electron chi connectivity index (χ1n) is 8.30. The molecule has 2 rings (SSSR count). The molecule has 1 fully saturated rings. The lowest BCUT2D eigenvalue weighted by Gasteiger charge is -2.35. The van der Waals surface area contributed by atoms with Crippen LogP contribution in [-0.2, 0) is 14.3 Å². The second-order valence-electron chi connectivity index (χ2n) is 7.40. The van der Waals surface area contributed by atoms with Gasteiger partial charge in [0.1, 0.15) is 18.8 Å². The second-order valence-corrected chi connectivity index (χ2v) is 7.40. The van der Waals surface area contributed by atoms with Crippen LogP contribution in [0.1, 0.15) is 27.2 Å². The maximum Gasteiger partial charge on any atom is 0.341 e. The highest BCUT2D eigenvalue weighted by Crippen LogP contribution is 2.35. The highest BCUT2D eigenvalue weighted by molar-refractivity contribution is 14.0. The average molecular weight is 456 g/mol. The van der Waals surface area contributed by atoms with Crippen molar-refractivity contribution in [1.82, 2.24) is 0 Å². The van der Waals surface area contributed by atoms with Crippen molar-refractivity contribution >= 4 is 29.9 Å². The third-order valence-corrected chi connectivity index (χ3v) is 5.67. The number of likely N-dealkylation sites (N-methyl/N-ethyl adjacent to an activating group) is 1. The topological polar surface area (TPSA) is 76.0 Å². The Hall–Kier alpha value is -0.220. The van der Waals surface area contributed by atoms with Crippen LogP contribution in [0, 0.1) is 5.92 Å². The standard InChI is InChI=1S/C17H30NO5.HI/c1-11(2)17(21,12(3)22-5)16(20)23-10-13-6-8-18(4)9-7-14(19)15(13)18;/h6,11-12,14-15,19,21H,7-10H2,1-5H3;1H/q+1;. The normalized spacial score (nSPS) is 32.6. The number of esters is 1. The SMILES string of the molecule is COC(C)C(O)(C(=O)OCC1=CC[N+]2(C)CCC(O)C12)C(C)C.I. The quantitative estimate of drug-likeness (QED) is 0.271. The van der Waals surface area contributed by atoms with Gasteiger partial charge in [0.05, 0.1) is 26.2 Å². The van der Waals surface area contributed by atoms with Crippen LogP contribution in [0.4, 0.5) is 0 Å². The van der Waals surface area contributed by atoms with E-state index in [-0.39, 0.29) is 42.5 Å². The van der Waals surface area contributed by atoms with E-state index in [0.29, 0.717) is 0 Å². The number of aliphatic hydroxyl groups is 2. The van der Waals surface area contributed by atoms with Crippen LogP contribution >= 0.6 is 24.0 Å². The summed E-state index contributed by atoms with van der Waals surface area (Å²) in [7, 11) is 3.58. The van der Waals surface area contributed by atoms with Gasteiger partial charge in [0, 0.05) is 19.1 Å². The van der Waals surface area contributed by atoms with Gasteiger partial charge in [0.2, 0.25) is 0 Å². The molecule has 2 heterocycles. The number of aliphatic hydroxyl groups excluding tert-OH is 1. The number of rotatable bonds is 6. The summed E-state index contributed by atoms with van der Waals surface area (Å²) in [5, 5.41) is 20.9. The molecule has 0 aromatic rings. The molecule has 5 atom stereocenters. The summed E-state index contributed by atoms with van der Waals surface area (Å²) in [6, 6.07) is -0.00482. The molecule has 0 aromatic carbocycles. The predicted octanol–water partition coefficient (Wildman–Crippen LogP) is 1.09. The number of nitrogens with zero attached hydrogens (tertiary/aromatic N) is 1. The minimum atomic E-state index is -1.68. The van der Waals surface area contributed by atoms with Crippen molar-refractivity contribution < 1.29 is 29.0 Å². The van der Waals surface area contributed by atoms with Crippen LogP contribution in [0.2, 0.25) is 0 Å². The predicted molar refractivity (Wildman–Crippen MR) is 101 cm³/mol. The van der Waals surface area contributed by atoms with E-state index in [9.17, 15) is 15.0 Å². The Morgan fingerprint density at radius 1 is 1.46 bits per heavy atom. The molecule has 2 N–H and O–H groups in total. The number of halogens is 1. The number of fused-ring (bicyclic) bond motifs is 1. The molecule has 0 aromatic heterocycles. The molecule has 0 saturated carbocycles. The monoisotopic (exact) mass is 456 g/mol. The van der Waals surface area contributed by atoms with E-state index in [4.69, 9.17) is 9.47 Å². The molecule has 0 radical (unpaired) electrons. The van der Waals surface area contributed by atoms with Crippen molar-refractivity contribution in [2.24, 2.45) is 5.92 Å². The number of carbonyl (C=O) groups excluding carboxylic acids is 1. The minimum Gasteiger partial charge on any atom is -0.459 e. The number of hydrogen-bond donors (Lipinski definition) is 2. The van der Waals surface area contributed by atoms with Gasteiger partial charge in [0.15, 0.2) is 5.60 Å². The van der Waals surface area contributed by atoms with Crippen LogP contribution in [0.15, 0.2) is 11.6 Å². The fourth-order valence-electron chi connectivity index (χ4n) is 3.90. The van der Waals surface area contributed by atoms with Gasteiger partial charge in [-0.2, -0.15) is 0 Å². The smallest absolute Gasteiger partial charge is 0.341 e. The van der Waals surface area contributed by atoms with Gasteiger partial charge in [-0.1, -0.05) is 13.8 Å². The van der Waals surface area contributed by atoms with Crippen LogP contribution in [-0.4, -0.2) is 78.4 Å². The van der Waals surface area contributed by atoms with Gasteiger partial charge >= 0.3 is 5.97 Å². The van der Waals surface area contributed by atoms with Crippen LogP contribution in [0.5, 0.6) is 0 Å². The molecule has 24 heavy (non-hydrogen) atoms. The first kappa shape index (κ1) is 21.8. The molecule has 5 unspecified atom stereocenters. The molecule has 140 valence electrons. The molecule has 0 aliphatic carbocycles. The van der Waals surface area contributed by atoms with E-state index in [0.717, 1.165) is 29.6 Å². The minimum absolute atomic E-state index is 0. The first-order valence-corrected chi connectivity index (χ1v) is 8.30. The number of carbonyl (C=O) groups is 1. The number of hydrogen-bond acceptors (Lipinski definition) is 5. The molecular weight excluding hydrogens is 425 g/mol. The Kier molecular flexibility index (Phi) is 7.26. The fraction of sp³-hybridized carbons (Fsp3) is 0.824. The van der Waals surface area contributed by atoms with Crippen LogP contribution in [0.3, 0.4) is 0 Å². The summed E-state index contributed by atoms with van der Waals surface area (Å²) < 4.78 is 11.4. The van der Waals surface area contributed by atoms with Crippen molar-refractivity contribution in [3.8, 4) is 0 Å². The maximum atomic E-state index is 12.5. The number of quaternary nitrogens is 1. The lowest BCUT2D eigenvalue weighted by Crippen LogP contribution is -2.54. The molecule has 2 aliphatic rings. The Labute approximate surface area is 161 Å². The van der Waals surface area contributed by atoms with Gasteiger partial charge in [0.25, 0.3) is 0 Å². The zero-order valence-corrected chi connectivity index (χ0v) is 17.5. The van der Waals surface area contributed by atoms with Gasteiger partial charge in [-0.05, 0) is 18.9 Å². The van der Waals surface area contributed by atoms with Gasteiger partial charge < -0.3 is 24.2 Å². The number of ether oxygens (including phenoxy) is 2. The van der Waals surface area contributed by atoms with Gasteiger partial charge in [-0.15, -0.1) is 24.0 Å². The van der Waals surface area contributed by atoms with Crippen molar-refractivity contribution in [3.63, 3.8) is 0 Å². The maximum absolute atomic E-state index is 12.5. The van der Waals surface area contributed by atoms with Crippen LogP contribution < -0.4 is 0 Å². The number of methoxy groups -OCH3 is 1. The van der Waals surface area contributed by atoms with Crippen molar-refractivity contribution in [2.75, 3.05) is 33.9 Å². The van der Waals surface area contributed by atoms with E-state index in [1.165, 1.54) is 7.11 Å². The molecule has 0 amide bonds. The van der Waals surface area contributed by atoms with Crippen molar-refractivity contribution in [2.45, 2.75) is 51.0 Å². The molecule has 0 bridgehead atoms. The average Bonchev–Trinajstić information content (AvgIpc) is 2.99. The van der Waals surface area contributed by atoms with Gasteiger partial charge in [-0.25, -0.2) is 4.79 Å². The molecule has 6 nitrogen and oxygen atoms in total. The first-order chi connectivity index (χ1) is 10.7. The summed E-state index contributed by atoms with van der Waals surface area (Å²) >= 11 is 0. The zero-order chi connectivity index (χ0) is 17.4. The zero-order valence-electron chi connectivity index (χ0n) is 15.2.